The minimum absolute atomic E-state index is 0.106. The van der Waals surface area contributed by atoms with Crippen LogP contribution in [0, 0.1) is 6.92 Å². The lowest BCUT2D eigenvalue weighted by atomic mass is 10.0. The third-order valence-electron chi connectivity index (χ3n) is 5.63. The Morgan fingerprint density at radius 2 is 2.00 bits per heavy atom. The van der Waals surface area contributed by atoms with Crippen molar-refractivity contribution in [2.24, 2.45) is 0 Å². The van der Waals surface area contributed by atoms with E-state index in [-0.39, 0.29) is 11.9 Å². The molecule has 0 unspecified atom stereocenters. The van der Waals surface area contributed by atoms with Gasteiger partial charge in [-0.1, -0.05) is 43.2 Å². The molecular formula is C21H27N5O2. The maximum absolute atomic E-state index is 13.1. The first-order valence-electron chi connectivity index (χ1n) is 10.1. The van der Waals surface area contributed by atoms with Crippen molar-refractivity contribution in [3.8, 4) is 0 Å². The largest absolute Gasteiger partial charge is 0.353 e. The van der Waals surface area contributed by atoms with Gasteiger partial charge in [-0.3, -0.25) is 10.1 Å². The number of benzene rings is 1. The van der Waals surface area contributed by atoms with Crippen LogP contribution in [0.2, 0.25) is 0 Å². The van der Waals surface area contributed by atoms with Crippen molar-refractivity contribution in [1.82, 2.24) is 20.0 Å². The number of aromatic nitrogens is 2. The van der Waals surface area contributed by atoms with E-state index in [1.807, 2.05) is 48.0 Å². The van der Waals surface area contributed by atoms with E-state index < -0.39 is 6.04 Å². The van der Waals surface area contributed by atoms with Gasteiger partial charge in [0.2, 0.25) is 5.91 Å². The van der Waals surface area contributed by atoms with Gasteiger partial charge in [0.15, 0.2) is 0 Å². The molecule has 2 fully saturated rings. The van der Waals surface area contributed by atoms with Crippen molar-refractivity contribution >= 4 is 17.8 Å². The maximum Gasteiger partial charge on any atom is 0.323 e. The molecule has 1 aromatic heterocycles. The zero-order valence-corrected chi connectivity index (χ0v) is 16.2. The molecule has 2 aliphatic rings. The lowest BCUT2D eigenvalue weighted by molar-refractivity contribution is -0.127. The number of piperazine rings is 1. The Kier molecular flexibility index (Phi) is 5.32. The number of nitrogens with one attached hydrogen (secondary N) is 2. The normalized spacial score (nSPS) is 20.2. The van der Waals surface area contributed by atoms with Crippen molar-refractivity contribution in [2.75, 3.05) is 18.4 Å². The van der Waals surface area contributed by atoms with Gasteiger partial charge in [-0.2, -0.15) is 5.10 Å². The topological polar surface area (TPSA) is 79.3 Å². The van der Waals surface area contributed by atoms with Crippen LogP contribution < -0.4 is 10.6 Å². The highest BCUT2D eigenvalue weighted by Gasteiger charge is 2.34. The monoisotopic (exact) mass is 381 g/mol. The van der Waals surface area contributed by atoms with Crippen LogP contribution >= 0.6 is 0 Å². The maximum atomic E-state index is 13.1. The molecule has 1 aliphatic heterocycles. The van der Waals surface area contributed by atoms with Gasteiger partial charge in [-0.05, 0) is 25.3 Å². The fourth-order valence-electron chi connectivity index (χ4n) is 4.22. The van der Waals surface area contributed by atoms with Crippen LogP contribution in [-0.4, -0.2) is 45.8 Å². The van der Waals surface area contributed by atoms with Crippen molar-refractivity contribution in [3.63, 3.8) is 0 Å². The van der Waals surface area contributed by atoms with Gasteiger partial charge in [0.05, 0.1) is 11.7 Å². The lowest BCUT2D eigenvalue weighted by Gasteiger charge is -2.35. The number of anilines is 1. The highest BCUT2D eigenvalue weighted by atomic mass is 16.2. The van der Waals surface area contributed by atoms with E-state index in [0.29, 0.717) is 25.6 Å². The van der Waals surface area contributed by atoms with E-state index in [1.54, 1.807) is 4.90 Å². The summed E-state index contributed by atoms with van der Waals surface area (Å²) in [5, 5.41) is 10.5. The fraction of sp³-hybridized carbons (Fsp3) is 0.476. The van der Waals surface area contributed by atoms with E-state index in [1.165, 1.54) is 12.8 Å². The lowest BCUT2D eigenvalue weighted by Crippen LogP contribution is -2.59. The van der Waals surface area contributed by atoms with Gasteiger partial charge >= 0.3 is 6.03 Å². The fourth-order valence-corrected chi connectivity index (χ4v) is 4.22. The standard InChI is InChI=1S/C21H27N5O2/c1-15-13-19(26(24-15)17-9-5-6-10-17)23-21(28)25-12-11-22-20(27)18(25)14-16-7-3-2-4-8-16/h2-4,7-8,13,17-18H,5-6,9-12,14H2,1H3,(H,22,27)(H,23,28)/t18-/m1/s1. The van der Waals surface area contributed by atoms with E-state index in [9.17, 15) is 9.59 Å². The smallest absolute Gasteiger partial charge is 0.323 e. The molecule has 0 spiro atoms. The molecule has 7 heteroatoms. The van der Waals surface area contributed by atoms with Crippen molar-refractivity contribution < 1.29 is 9.59 Å². The van der Waals surface area contributed by atoms with Gasteiger partial charge in [0.1, 0.15) is 11.9 Å². The van der Waals surface area contributed by atoms with Gasteiger partial charge in [-0.25, -0.2) is 9.48 Å². The summed E-state index contributed by atoms with van der Waals surface area (Å²) in [4.78, 5) is 27.2. The minimum atomic E-state index is -0.514. The molecule has 2 aromatic rings. The molecule has 1 aliphatic carbocycles. The highest BCUT2D eigenvalue weighted by molar-refractivity contribution is 5.94. The number of urea groups is 1. The minimum Gasteiger partial charge on any atom is -0.353 e. The molecule has 1 aromatic carbocycles. The van der Waals surface area contributed by atoms with Crippen LogP contribution in [0.4, 0.5) is 10.6 Å². The molecule has 1 saturated heterocycles. The Balaban J connectivity index is 1.52. The molecule has 28 heavy (non-hydrogen) atoms. The second-order valence-corrected chi connectivity index (χ2v) is 7.67. The van der Waals surface area contributed by atoms with Crippen LogP contribution in [-0.2, 0) is 11.2 Å². The van der Waals surface area contributed by atoms with Crippen LogP contribution in [0.3, 0.4) is 0 Å². The molecular weight excluding hydrogens is 354 g/mol. The van der Waals surface area contributed by atoms with Crippen LogP contribution in [0.15, 0.2) is 36.4 Å². The third-order valence-corrected chi connectivity index (χ3v) is 5.63. The van der Waals surface area contributed by atoms with E-state index >= 15 is 0 Å². The highest BCUT2D eigenvalue weighted by Crippen LogP contribution is 2.32. The zero-order valence-electron chi connectivity index (χ0n) is 16.2. The first-order valence-corrected chi connectivity index (χ1v) is 10.1. The summed E-state index contributed by atoms with van der Waals surface area (Å²) in [7, 11) is 0. The van der Waals surface area contributed by atoms with Crippen LogP contribution in [0.5, 0.6) is 0 Å². The number of carbonyl (C=O) groups excluding carboxylic acids is 2. The summed E-state index contributed by atoms with van der Waals surface area (Å²) in [6, 6.07) is 11.3. The second-order valence-electron chi connectivity index (χ2n) is 7.67. The summed E-state index contributed by atoms with van der Waals surface area (Å²) in [6.07, 6.45) is 5.07. The SMILES string of the molecule is Cc1cc(NC(=O)N2CCNC(=O)[C@H]2Cc2ccccc2)n(C2CCCC2)n1. The Bertz CT molecular complexity index is 842. The number of rotatable bonds is 4. The molecule has 1 atom stereocenters. The molecule has 0 radical (unpaired) electrons. The quantitative estimate of drug-likeness (QED) is 0.855. The summed E-state index contributed by atoms with van der Waals surface area (Å²) in [5.41, 5.74) is 1.92. The number of nitrogens with zero attached hydrogens (tertiary/aromatic N) is 3. The van der Waals surface area contributed by atoms with E-state index in [4.69, 9.17) is 0 Å². The average molecular weight is 381 g/mol. The van der Waals surface area contributed by atoms with Gasteiger partial charge < -0.3 is 10.2 Å². The molecule has 3 amide bonds. The van der Waals surface area contributed by atoms with Gasteiger partial charge in [0, 0.05) is 25.6 Å². The Hall–Kier alpha value is -2.83. The summed E-state index contributed by atoms with van der Waals surface area (Å²) >= 11 is 0. The second kappa shape index (κ2) is 8.04. The number of aryl methyl sites for hydroxylation is 1. The molecule has 0 bridgehead atoms. The number of carbonyl (C=O) groups is 2. The molecule has 148 valence electrons. The third kappa shape index (κ3) is 3.88. The van der Waals surface area contributed by atoms with Gasteiger partial charge in [0.25, 0.3) is 0 Å². The Labute approximate surface area is 165 Å². The van der Waals surface area contributed by atoms with E-state index in [2.05, 4.69) is 15.7 Å². The first-order chi connectivity index (χ1) is 13.6. The molecule has 1 saturated carbocycles. The van der Waals surface area contributed by atoms with Crippen molar-refractivity contribution in [3.05, 3.63) is 47.7 Å². The molecule has 2 heterocycles. The first kappa shape index (κ1) is 18.5. The summed E-state index contributed by atoms with van der Waals surface area (Å²) in [6.45, 7) is 2.90. The predicted octanol–water partition coefficient (Wildman–Crippen LogP) is 2.88. The zero-order chi connectivity index (χ0) is 19.5. The number of hydrogen-bond acceptors (Lipinski definition) is 3. The van der Waals surface area contributed by atoms with E-state index in [0.717, 1.165) is 29.9 Å². The number of amides is 3. The molecule has 4 rings (SSSR count). The molecule has 7 nitrogen and oxygen atoms in total. The van der Waals surface area contributed by atoms with Crippen molar-refractivity contribution in [2.45, 2.75) is 51.1 Å². The van der Waals surface area contributed by atoms with Crippen molar-refractivity contribution in [1.29, 1.82) is 0 Å². The average Bonchev–Trinajstić information content (AvgIpc) is 3.34. The van der Waals surface area contributed by atoms with Gasteiger partial charge in [-0.15, -0.1) is 0 Å². The molecule has 2 N–H and O–H groups in total. The van der Waals surface area contributed by atoms with Crippen LogP contribution in [0.1, 0.15) is 43.0 Å². The Morgan fingerprint density at radius 1 is 1.25 bits per heavy atom. The van der Waals surface area contributed by atoms with Crippen LogP contribution in [0.25, 0.3) is 0 Å². The summed E-state index contributed by atoms with van der Waals surface area (Å²) in [5.74, 6) is 0.615. The predicted molar refractivity (Wildman–Crippen MR) is 107 cm³/mol. The summed E-state index contributed by atoms with van der Waals surface area (Å²) < 4.78 is 1.95. The Morgan fingerprint density at radius 3 is 2.75 bits per heavy atom. The number of hydrogen-bond donors (Lipinski definition) is 2.